The van der Waals surface area contributed by atoms with Gasteiger partial charge in [0, 0.05) is 43.3 Å². The molecule has 9 heteroatoms. The molecule has 0 bridgehead atoms. The molecule has 200 valence electrons. The van der Waals surface area contributed by atoms with Crippen molar-refractivity contribution >= 4 is 33.2 Å². The van der Waals surface area contributed by atoms with Crippen LogP contribution in [0.1, 0.15) is 15.9 Å². The van der Waals surface area contributed by atoms with Crippen LogP contribution in [-0.2, 0) is 16.6 Å². The number of amides is 1. The number of sulfonamides is 1. The zero-order valence-corrected chi connectivity index (χ0v) is 22.7. The van der Waals surface area contributed by atoms with E-state index in [0.29, 0.717) is 65.4 Å². The second kappa shape index (κ2) is 12.0. The van der Waals surface area contributed by atoms with Gasteiger partial charge in [0.05, 0.1) is 10.6 Å². The van der Waals surface area contributed by atoms with E-state index in [2.05, 4.69) is 10.2 Å². The van der Waals surface area contributed by atoms with Crippen LogP contribution in [0.2, 0.25) is 5.02 Å². The van der Waals surface area contributed by atoms with E-state index in [4.69, 9.17) is 16.3 Å². The third-order valence-electron chi connectivity index (χ3n) is 6.47. The van der Waals surface area contributed by atoms with E-state index in [0.717, 1.165) is 5.56 Å². The van der Waals surface area contributed by atoms with Crippen LogP contribution < -0.4 is 10.1 Å². The molecular weight excluding hydrogens is 534 g/mol. The zero-order chi connectivity index (χ0) is 27.2. The molecule has 4 aromatic carbocycles. The Morgan fingerprint density at radius 3 is 2.23 bits per heavy atom. The number of carbonyl (C=O) groups excluding carboxylic acids is 1. The number of carbonyl (C=O) groups is 1. The van der Waals surface area contributed by atoms with Gasteiger partial charge in [-0.25, -0.2) is 8.42 Å². The molecule has 7 nitrogen and oxygen atoms in total. The van der Waals surface area contributed by atoms with Crippen LogP contribution in [0.15, 0.2) is 108 Å². The summed E-state index contributed by atoms with van der Waals surface area (Å²) >= 11 is 6.20. The molecule has 0 unspecified atom stereocenters. The van der Waals surface area contributed by atoms with Crippen LogP contribution in [0, 0.1) is 0 Å². The lowest BCUT2D eigenvalue weighted by Crippen LogP contribution is -2.48. The van der Waals surface area contributed by atoms with Gasteiger partial charge in [0.2, 0.25) is 10.0 Å². The van der Waals surface area contributed by atoms with Gasteiger partial charge in [-0.1, -0.05) is 60.1 Å². The summed E-state index contributed by atoms with van der Waals surface area (Å²) < 4.78 is 33.3. The average molecular weight is 562 g/mol. The summed E-state index contributed by atoms with van der Waals surface area (Å²) in [5.74, 6) is 0.850. The number of nitrogens with one attached hydrogen (secondary N) is 1. The molecule has 1 amide bonds. The van der Waals surface area contributed by atoms with Crippen molar-refractivity contribution in [2.45, 2.75) is 11.4 Å². The van der Waals surface area contributed by atoms with Gasteiger partial charge in [-0.3, -0.25) is 9.69 Å². The molecule has 0 radical (unpaired) electrons. The van der Waals surface area contributed by atoms with Crippen molar-refractivity contribution in [3.63, 3.8) is 0 Å². The summed E-state index contributed by atoms with van der Waals surface area (Å²) in [6.07, 6.45) is 0. The highest BCUT2D eigenvalue weighted by Gasteiger charge is 2.28. The predicted molar refractivity (Wildman–Crippen MR) is 153 cm³/mol. The smallest absolute Gasteiger partial charge is 0.255 e. The van der Waals surface area contributed by atoms with Gasteiger partial charge in [-0.05, 0) is 60.2 Å². The first kappa shape index (κ1) is 26.9. The highest BCUT2D eigenvalue weighted by atomic mass is 35.5. The quantitative estimate of drug-likeness (QED) is 0.290. The van der Waals surface area contributed by atoms with Gasteiger partial charge in [0.25, 0.3) is 5.91 Å². The Balaban J connectivity index is 1.22. The van der Waals surface area contributed by atoms with Crippen LogP contribution in [0.25, 0.3) is 0 Å². The standard InChI is InChI=1S/C30H28ClN3O4S/c31-25-14-15-29(38-26-10-3-1-4-11-26)28(21-25)32-30(35)24-9-7-8-23(20-24)22-33-16-18-34(19-17-33)39(36,37)27-12-5-2-6-13-27/h1-15,20-21H,16-19,22H2,(H,32,35). The maximum atomic E-state index is 13.2. The molecule has 39 heavy (non-hydrogen) atoms. The number of halogens is 1. The topological polar surface area (TPSA) is 79.0 Å². The molecule has 0 spiro atoms. The van der Waals surface area contributed by atoms with Crippen LogP contribution in [0.5, 0.6) is 11.5 Å². The van der Waals surface area contributed by atoms with Crippen LogP contribution in [-0.4, -0.2) is 49.7 Å². The molecule has 1 heterocycles. The van der Waals surface area contributed by atoms with E-state index in [9.17, 15) is 13.2 Å². The largest absolute Gasteiger partial charge is 0.455 e. The minimum absolute atomic E-state index is 0.282. The molecule has 0 saturated carbocycles. The number of hydrogen-bond acceptors (Lipinski definition) is 5. The van der Waals surface area contributed by atoms with E-state index in [1.54, 1.807) is 54.6 Å². The second-order valence-electron chi connectivity index (χ2n) is 9.20. The lowest BCUT2D eigenvalue weighted by atomic mass is 10.1. The summed E-state index contributed by atoms with van der Waals surface area (Å²) in [6, 6.07) is 30.3. The summed E-state index contributed by atoms with van der Waals surface area (Å²) in [4.78, 5) is 15.7. The van der Waals surface area contributed by atoms with Crippen molar-refractivity contribution in [2.75, 3.05) is 31.5 Å². The molecule has 1 fully saturated rings. The summed E-state index contributed by atoms with van der Waals surface area (Å²) in [5.41, 5.74) is 1.94. The van der Waals surface area contributed by atoms with Crippen LogP contribution in [0.3, 0.4) is 0 Å². The molecule has 1 N–H and O–H groups in total. The van der Waals surface area contributed by atoms with Gasteiger partial charge < -0.3 is 10.1 Å². The lowest BCUT2D eigenvalue weighted by Gasteiger charge is -2.34. The van der Waals surface area contributed by atoms with Crippen LogP contribution >= 0.6 is 11.6 Å². The Morgan fingerprint density at radius 1 is 0.821 bits per heavy atom. The van der Waals surface area contributed by atoms with E-state index in [-0.39, 0.29) is 5.91 Å². The number of benzene rings is 4. The first-order valence-electron chi connectivity index (χ1n) is 12.6. The molecule has 1 saturated heterocycles. The number of hydrogen-bond donors (Lipinski definition) is 1. The van der Waals surface area contributed by atoms with Crippen molar-refractivity contribution < 1.29 is 17.9 Å². The predicted octanol–water partition coefficient (Wildman–Crippen LogP) is 5.89. The fraction of sp³-hybridized carbons (Fsp3) is 0.167. The number of anilines is 1. The number of ether oxygens (including phenoxy) is 1. The van der Waals surface area contributed by atoms with Gasteiger partial charge in [0.1, 0.15) is 5.75 Å². The Labute approximate surface area is 233 Å². The highest BCUT2D eigenvalue weighted by Crippen LogP contribution is 2.32. The normalized spacial score (nSPS) is 14.6. The molecule has 0 atom stereocenters. The Morgan fingerprint density at radius 2 is 1.51 bits per heavy atom. The molecule has 4 aromatic rings. The van der Waals surface area contributed by atoms with Crippen LogP contribution in [0.4, 0.5) is 5.69 Å². The zero-order valence-electron chi connectivity index (χ0n) is 21.2. The fourth-order valence-electron chi connectivity index (χ4n) is 4.44. The lowest BCUT2D eigenvalue weighted by molar-refractivity contribution is 0.102. The SMILES string of the molecule is O=C(Nc1cc(Cl)ccc1Oc1ccccc1)c1cccc(CN2CCN(S(=O)(=O)c3ccccc3)CC2)c1. The molecule has 1 aliphatic heterocycles. The third kappa shape index (κ3) is 6.66. The number of para-hydroxylation sites is 1. The van der Waals surface area contributed by atoms with Gasteiger partial charge in [0.15, 0.2) is 5.75 Å². The number of piperazine rings is 1. The maximum Gasteiger partial charge on any atom is 0.255 e. The molecule has 1 aliphatic rings. The van der Waals surface area contributed by atoms with Gasteiger partial charge in [-0.15, -0.1) is 0 Å². The van der Waals surface area contributed by atoms with E-state index in [1.807, 2.05) is 48.5 Å². The van der Waals surface area contributed by atoms with Crippen molar-refractivity contribution in [2.24, 2.45) is 0 Å². The first-order valence-corrected chi connectivity index (χ1v) is 14.4. The second-order valence-corrected chi connectivity index (χ2v) is 11.6. The first-order chi connectivity index (χ1) is 18.9. The van der Waals surface area contributed by atoms with Crippen molar-refractivity contribution in [1.82, 2.24) is 9.21 Å². The Bertz CT molecular complexity index is 1540. The average Bonchev–Trinajstić information content (AvgIpc) is 2.96. The van der Waals surface area contributed by atoms with E-state index < -0.39 is 10.0 Å². The monoisotopic (exact) mass is 561 g/mol. The minimum Gasteiger partial charge on any atom is -0.455 e. The molecule has 5 rings (SSSR count). The fourth-order valence-corrected chi connectivity index (χ4v) is 6.05. The van der Waals surface area contributed by atoms with Crippen molar-refractivity contribution in [1.29, 1.82) is 0 Å². The van der Waals surface area contributed by atoms with Gasteiger partial charge in [-0.2, -0.15) is 4.31 Å². The third-order valence-corrected chi connectivity index (χ3v) is 8.62. The summed E-state index contributed by atoms with van der Waals surface area (Å²) in [5, 5.41) is 3.40. The number of nitrogens with zero attached hydrogens (tertiary/aromatic N) is 2. The molecular formula is C30H28ClN3O4S. The van der Waals surface area contributed by atoms with E-state index in [1.165, 1.54) is 4.31 Å². The highest BCUT2D eigenvalue weighted by molar-refractivity contribution is 7.89. The summed E-state index contributed by atoms with van der Waals surface area (Å²) in [6.45, 7) is 2.64. The minimum atomic E-state index is -3.50. The van der Waals surface area contributed by atoms with Crippen molar-refractivity contribution in [3.05, 3.63) is 119 Å². The molecule has 0 aromatic heterocycles. The maximum absolute atomic E-state index is 13.2. The number of rotatable bonds is 8. The molecule has 0 aliphatic carbocycles. The van der Waals surface area contributed by atoms with Crippen molar-refractivity contribution in [3.8, 4) is 11.5 Å². The van der Waals surface area contributed by atoms with Gasteiger partial charge >= 0.3 is 0 Å². The summed E-state index contributed by atoms with van der Waals surface area (Å²) in [7, 11) is -3.50. The van der Waals surface area contributed by atoms with E-state index >= 15 is 0 Å². The Hall–Kier alpha value is -3.69. The Kier molecular flexibility index (Phi) is 8.28.